The van der Waals surface area contributed by atoms with Gasteiger partial charge in [0.1, 0.15) is 18.5 Å². The highest BCUT2D eigenvalue weighted by Gasteiger charge is 2.14. The number of nitriles is 1. The van der Waals surface area contributed by atoms with E-state index in [0.29, 0.717) is 45.7 Å². The monoisotopic (exact) mass is 412 g/mol. The number of benzene rings is 2. The summed E-state index contributed by atoms with van der Waals surface area (Å²) in [4.78, 5) is 0. The lowest BCUT2D eigenvalue weighted by molar-refractivity contribution is 0.355. The number of nitrogens with zero attached hydrogens (tertiary/aromatic N) is 4. The molecule has 4 aromatic rings. The van der Waals surface area contributed by atoms with Crippen LogP contribution in [0.15, 0.2) is 40.8 Å². The second-order valence-electron chi connectivity index (χ2n) is 6.07. The highest BCUT2D eigenvalue weighted by atomic mass is 35.5. The fourth-order valence-electron chi connectivity index (χ4n) is 2.87. The Bertz CT molecular complexity index is 1190. The number of rotatable bonds is 7. The van der Waals surface area contributed by atoms with E-state index in [2.05, 4.69) is 25.9 Å². The van der Waals surface area contributed by atoms with Gasteiger partial charge in [-0.15, -0.1) is 5.10 Å². The lowest BCUT2D eigenvalue weighted by Crippen LogP contribution is -2.02. The van der Waals surface area contributed by atoms with E-state index in [0.717, 1.165) is 10.9 Å². The summed E-state index contributed by atoms with van der Waals surface area (Å²) < 4.78 is 24.3. The second kappa shape index (κ2) is 8.16. The molecule has 0 spiro atoms. The zero-order chi connectivity index (χ0) is 20.2. The Morgan fingerprint density at radius 2 is 2.14 bits per heavy atom. The molecule has 0 saturated carbocycles. The molecule has 2 N–H and O–H groups in total. The molecule has 4 rings (SSSR count). The maximum atomic E-state index is 13.3. The summed E-state index contributed by atoms with van der Waals surface area (Å²) in [6.07, 6.45) is 0. The SMILES string of the molecule is N#CCOc1ccc(NCc2ccc3cc(-c4nnn[nH]4)oc3c2Cl)cc1CF. The lowest BCUT2D eigenvalue weighted by Gasteiger charge is -2.12. The fourth-order valence-corrected chi connectivity index (χ4v) is 3.15. The fraction of sp³-hybridized carbons (Fsp3) is 0.158. The number of tetrazole rings is 1. The molecule has 0 aliphatic rings. The quantitative estimate of drug-likeness (QED) is 0.466. The van der Waals surface area contributed by atoms with E-state index in [1.54, 1.807) is 24.3 Å². The first kappa shape index (κ1) is 18.7. The predicted octanol–water partition coefficient (Wildman–Crippen LogP) is 4.25. The molecule has 0 aliphatic heterocycles. The van der Waals surface area contributed by atoms with E-state index in [4.69, 9.17) is 26.0 Å². The Morgan fingerprint density at radius 3 is 2.90 bits per heavy atom. The third kappa shape index (κ3) is 3.83. The Hall–Kier alpha value is -3.64. The molecule has 146 valence electrons. The van der Waals surface area contributed by atoms with E-state index in [-0.39, 0.29) is 6.61 Å². The number of fused-ring (bicyclic) bond motifs is 1. The molecule has 0 fully saturated rings. The number of nitrogens with one attached hydrogen (secondary N) is 2. The van der Waals surface area contributed by atoms with E-state index < -0.39 is 6.67 Å². The smallest absolute Gasteiger partial charge is 0.215 e. The van der Waals surface area contributed by atoms with Gasteiger partial charge in [0.15, 0.2) is 18.0 Å². The number of ether oxygens (including phenoxy) is 1. The molecule has 0 amide bonds. The first-order valence-electron chi connectivity index (χ1n) is 8.57. The van der Waals surface area contributed by atoms with Gasteiger partial charge in [0.25, 0.3) is 0 Å². The van der Waals surface area contributed by atoms with Gasteiger partial charge in [-0.3, -0.25) is 0 Å². The Balaban J connectivity index is 1.54. The Kier molecular flexibility index (Phi) is 5.27. The molecule has 0 bridgehead atoms. The minimum Gasteiger partial charge on any atom is -0.478 e. The average Bonchev–Trinajstić information content (AvgIpc) is 3.42. The molecule has 10 heteroatoms. The van der Waals surface area contributed by atoms with Crippen molar-refractivity contribution in [1.29, 1.82) is 5.26 Å². The summed E-state index contributed by atoms with van der Waals surface area (Å²) in [5.74, 6) is 1.25. The van der Waals surface area contributed by atoms with Crippen molar-refractivity contribution in [1.82, 2.24) is 20.6 Å². The predicted molar refractivity (Wildman–Crippen MR) is 104 cm³/mol. The van der Waals surface area contributed by atoms with Crippen molar-refractivity contribution in [2.45, 2.75) is 13.2 Å². The lowest BCUT2D eigenvalue weighted by atomic mass is 10.1. The third-order valence-electron chi connectivity index (χ3n) is 4.26. The van der Waals surface area contributed by atoms with Crippen molar-refractivity contribution in [2.24, 2.45) is 0 Å². The molecule has 2 aromatic carbocycles. The van der Waals surface area contributed by atoms with Crippen LogP contribution < -0.4 is 10.1 Å². The summed E-state index contributed by atoms with van der Waals surface area (Å²) in [7, 11) is 0. The number of hydrogen-bond donors (Lipinski definition) is 2. The number of anilines is 1. The van der Waals surface area contributed by atoms with Gasteiger partial charge in [0.2, 0.25) is 5.82 Å². The summed E-state index contributed by atoms with van der Waals surface area (Å²) in [5, 5.41) is 26.6. The van der Waals surface area contributed by atoms with Crippen LogP contribution in [0.2, 0.25) is 5.02 Å². The molecule has 29 heavy (non-hydrogen) atoms. The largest absolute Gasteiger partial charge is 0.478 e. The zero-order valence-corrected chi connectivity index (χ0v) is 15.7. The molecular weight excluding hydrogens is 399 g/mol. The van der Waals surface area contributed by atoms with E-state index >= 15 is 0 Å². The summed E-state index contributed by atoms with van der Waals surface area (Å²) in [6.45, 7) is -0.432. The Labute approximate surface area is 169 Å². The van der Waals surface area contributed by atoms with Gasteiger partial charge < -0.3 is 14.5 Å². The van der Waals surface area contributed by atoms with Crippen LogP contribution >= 0.6 is 11.6 Å². The molecule has 2 aromatic heterocycles. The van der Waals surface area contributed by atoms with Gasteiger partial charge in [0, 0.05) is 23.2 Å². The van der Waals surface area contributed by atoms with Crippen molar-refractivity contribution >= 4 is 28.3 Å². The topological polar surface area (TPSA) is 113 Å². The van der Waals surface area contributed by atoms with Gasteiger partial charge in [0.05, 0.1) is 5.02 Å². The number of furan rings is 1. The standard InChI is InChI=1S/C19H14ClFN6O2/c20-17-12(2-1-11-8-16(29-18(11)17)19-24-26-27-25-19)10-23-14-3-4-15(28-6-5-22)13(7-14)9-21/h1-4,7-8,23H,6,9-10H2,(H,24,25,26,27). The van der Waals surface area contributed by atoms with Crippen LogP contribution in [0.25, 0.3) is 22.6 Å². The van der Waals surface area contributed by atoms with Crippen LogP contribution in [0.1, 0.15) is 11.1 Å². The average molecular weight is 413 g/mol. The van der Waals surface area contributed by atoms with Gasteiger partial charge in [-0.1, -0.05) is 23.7 Å². The number of aromatic amines is 1. The van der Waals surface area contributed by atoms with Crippen molar-refractivity contribution < 1.29 is 13.5 Å². The molecule has 2 heterocycles. The normalized spacial score (nSPS) is 10.8. The van der Waals surface area contributed by atoms with Crippen molar-refractivity contribution in [2.75, 3.05) is 11.9 Å². The Morgan fingerprint density at radius 1 is 1.24 bits per heavy atom. The van der Waals surface area contributed by atoms with Gasteiger partial charge in [-0.25, -0.2) is 9.49 Å². The van der Waals surface area contributed by atoms with Crippen LogP contribution in [0, 0.1) is 11.3 Å². The first-order valence-corrected chi connectivity index (χ1v) is 8.95. The van der Waals surface area contributed by atoms with Crippen LogP contribution in [0.5, 0.6) is 5.75 Å². The van der Waals surface area contributed by atoms with Gasteiger partial charge in [-0.2, -0.15) is 5.26 Å². The minimum atomic E-state index is -0.700. The van der Waals surface area contributed by atoms with Crippen molar-refractivity contribution in [3.63, 3.8) is 0 Å². The first-order chi connectivity index (χ1) is 14.2. The summed E-state index contributed by atoms with van der Waals surface area (Å²) in [6, 6.07) is 12.5. The van der Waals surface area contributed by atoms with E-state index in [1.165, 1.54) is 0 Å². The van der Waals surface area contributed by atoms with Crippen molar-refractivity contribution in [3.8, 4) is 23.4 Å². The van der Waals surface area contributed by atoms with Crippen LogP contribution in [-0.2, 0) is 13.2 Å². The van der Waals surface area contributed by atoms with Gasteiger partial charge in [-0.05, 0) is 40.3 Å². The molecule has 0 atom stereocenters. The highest BCUT2D eigenvalue weighted by molar-refractivity contribution is 6.35. The van der Waals surface area contributed by atoms with Crippen LogP contribution in [0.4, 0.5) is 10.1 Å². The van der Waals surface area contributed by atoms with Crippen LogP contribution in [-0.4, -0.2) is 27.2 Å². The number of hydrogen-bond acceptors (Lipinski definition) is 7. The zero-order valence-electron chi connectivity index (χ0n) is 14.9. The minimum absolute atomic E-state index is 0.134. The van der Waals surface area contributed by atoms with Crippen LogP contribution in [0.3, 0.4) is 0 Å². The molecule has 8 nitrogen and oxygen atoms in total. The molecular formula is C19H14ClFN6O2. The number of halogens is 2. The maximum Gasteiger partial charge on any atom is 0.215 e. The van der Waals surface area contributed by atoms with Crippen molar-refractivity contribution in [3.05, 3.63) is 52.5 Å². The third-order valence-corrected chi connectivity index (χ3v) is 4.68. The summed E-state index contributed by atoms with van der Waals surface area (Å²) in [5.41, 5.74) is 2.40. The number of H-pyrrole nitrogens is 1. The number of alkyl halides is 1. The number of aromatic nitrogens is 4. The highest BCUT2D eigenvalue weighted by Crippen LogP contribution is 2.33. The van der Waals surface area contributed by atoms with E-state index in [1.807, 2.05) is 18.2 Å². The van der Waals surface area contributed by atoms with E-state index in [9.17, 15) is 4.39 Å². The summed E-state index contributed by atoms with van der Waals surface area (Å²) >= 11 is 6.52. The molecule has 0 aliphatic carbocycles. The molecule has 0 radical (unpaired) electrons. The molecule has 0 saturated heterocycles. The second-order valence-corrected chi connectivity index (χ2v) is 6.45. The van der Waals surface area contributed by atoms with Gasteiger partial charge >= 0.3 is 0 Å². The maximum absolute atomic E-state index is 13.3. The molecule has 0 unspecified atom stereocenters.